The summed E-state index contributed by atoms with van der Waals surface area (Å²) in [6, 6.07) is 6.76. The van der Waals surface area contributed by atoms with Crippen molar-refractivity contribution < 1.29 is 14.3 Å². The Hall–Kier alpha value is -1.46. The number of benzene rings is 1. The van der Waals surface area contributed by atoms with Crippen molar-refractivity contribution in [3.8, 4) is 0 Å². The summed E-state index contributed by atoms with van der Waals surface area (Å²) in [6.07, 6.45) is 4.11. The van der Waals surface area contributed by atoms with Gasteiger partial charge in [0.05, 0.1) is 6.10 Å². The van der Waals surface area contributed by atoms with Crippen LogP contribution in [0.15, 0.2) is 24.3 Å². The molecular formula is C19H27FN2O2. The highest BCUT2D eigenvalue weighted by Gasteiger charge is 2.39. The lowest BCUT2D eigenvalue weighted by Crippen LogP contribution is -2.49. The van der Waals surface area contributed by atoms with Gasteiger partial charge in [0, 0.05) is 31.6 Å². The quantitative estimate of drug-likeness (QED) is 0.900. The molecule has 1 N–H and O–H groups in total. The van der Waals surface area contributed by atoms with Crippen LogP contribution in [0.5, 0.6) is 0 Å². The maximum atomic E-state index is 13.4. The first-order chi connectivity index (χ1) is 11.6. The fourth-order valence-corrected chi connectivity index (χ4v) is 4.26. The minimum Gasteiger partial charge on any atom is -0.387 e. The Morgan fingerprint density at radius 1 is 1.29 bits per heavy atom. The average Bonchev–Trinajstić information content (AvgIpc) is 3.22. The molecule has 0 bridgehead atoms. The van der Waals surface area contributed by atoms with Crippen molar-refractivity contribution in [3.63, 3.8) is 0 Å². The van der Waals surface area contributed by atoms with Gasteiger partial charge in [0.15, 0.2) is 0 Å². The van der Waals surface area contributed by atoms with Gasteiger partial charge in [-0.3, -0.25) is 9.69 Å². The van der Waals surface area contributed by atoms with Crippen molar-refractivity contribution >= 4 is 5.91 Å². The molecule has 5 heteroatoms. The zero-order valence-corrected chi connectivity index (χ0v) is 14.3. The minimum absolute atomic E-state index is 0.232. The van der Waals surface area contributed by atoms with Crippen LogP contribution in [0.25, 0.3) is 0 Å². The fourth-order valence-electron chi connectivity index (χ4n) is 4.26. The maximum absolute atomic E-state index is 13.4. The average molecular weight is 334 g/mol. The largest absolute Gasteiger partial charge is 0.387 e. The van der Waals surface area contributed by atoms with E-state index in [1.165, 1.54) is 12.1 Å². The number of carbonyl (C=O) groups is 1. The second kappa shape index (κ2) is 7.62. The number of hydrogen-bond acceptors (Lipinski definition) is 3. The lowest BCUT2D eigenvalue weighted by Gasteiger charge is -2.36. The first-order valence-electron chi connectivity index (χ1n) is 9.07. The van der Waals surface area contributed by atoms with Crippen molar-refractivity contribution in [3.05, 3.63) is 35.6 Å². The summed E-state index contributed by atoms with van der Waals surface area (Å²) < 4.78 is 13.4. The number of aliphatic hydroxyl groups is 1. The number of nitrogens with zero attached hydrogens (tertiary/aromatic N) is 2. The third kappa shape index (κ3) is 3.62. The molecule has 2 heterocycles. The monoisotopic (exact) mass is 334 g/mol. The summed E-state index contributed by atoms with van der Waals surface area (Å²) >= 11 is 0. The number of rotatable bonds is 5. The molecule has 0 saturated carbocycles. The molecule has 1 aromatic rings. The Labute approximate surface area is 143 Å². The number of amides is 1. The summed E-state index contributed by atoms with van der Waals surface area (Å²) in [7, 11) is 0. The Morgan fingerprint density at radius 3 is 2.79 bits per heavy atom. The molecule has 2 fully saturated rings. The van der Waals surface area contributed by atoms with E-state index in [0.717, 1.165) is 38.8 Å². The van der Waals surface area contributed by atoms with Crippen LogP contribution >= 0.6 is 0 Å². The standard InChI is InChI=1S/C19H27FN2O2/c1-2-19(24)22-11-5-9-17(22)16-8-4-10-21(16)13-18(23)14-6-3-7-15(20)12-14/h3,6-7,12,16-18,23H,2,4-5,8-11,13H2,1H3. The van der Waals surface area contributed by atoms with Crippen molar-refractivity contribution in [2.24, 2.45) is 0 Å². The molecule has 1 aromatic carbocycles. The van der Waals surface area contributed by atoms with Crippen LogP contribution < -0.4 is 0 Å². The molecule has 4 nitrogen and oxygen atoms in total. The minimum atomic E-state index is -0.696. The van der Waals surface area contributed by atoms with Gasteiger partial charge in [-0.2, -0.15) is 0 Å². The third-order valence-corrected chi connectivity index (χ3v) is 5.42. The van der Waals surface area contributed by atoms with Crippen LogP contribution in [0.1, 0.15) is 50.7 Å². The van der Waals surface area contributed by atoms with Crippen LogP contribution in [-0.2, 0) is 4.79 Å². The van der Waals surface area contributed by atoms with Gasteiger partial charge >= 0.3 is 0 Å². The molecule has 3 rings (SSSR count). The summed E-state index contributed by atoms with van der Waals surface area (Å²) in [5, 5.41) is 10.5. The number of carbonyl (C=O) groups excluding carboxylic acids is 1. The first-order valence-corrected chi connectivity index (χ1v) is 9.07. The summed E-state index contributed by atoms with van der Waals surface area (Å²) in [5.74, 6) is -0.0879. The van der Waals surface area contributed by atoms with E-state index in [1.807, 2.05) is 11.8 Å². The SMILES string of the molecule is CCC(=O)N1CCCC1C1CCCN1CC(O)c1cccc(F)c1. The predicted molar refractivity (Wildman–Crippen MR) is 91.0 cm³/mol. The third-order valence-electron chi connectivity index (χ3n) is 5.42. The molecule has 132 valence electrons. The second-order valence-corrected chi connectivity index (χ2v) is 6.93. The molecule has 1 amide bonds. The van der Waals surface area contributed by atoms with Gasteiger partial charge in [-0.25, -0.2) is 4.39 Å². The Bertz CT molecular complexity index is 580. The highest BCUT2D eigenvalue weighted by atomic mass is 19.1. The van der Waals surface area contributed by atoms with Crippen LogP contribution in [0.3, 0.4) is 0 Å². The van der Waals surface area contributed by atoms with Gasteiger partial charge < -0.3 is 10.0 Å². The Kier molecular flexibility index (Phi) is 5.51. The molecular weight excluding hydrogens is 307 g/mol. The van der Waals surface area contributed by atoms with Gasteiger partial charge in [-0.15, -0.1) is 0 Å². The van der Waals surface area contributed by atoms with E-state index >= 15 is 0 Å². The van der Waals surface area contributed by atoms with Gasteiger partial charge in [-0.1, -0.05) is 19.1 Å². The number of likely N-dealkylation sites (tertiary alicyclic amines) is 2. The molecule has 3 unspecified atom stereocenters. The van der Waals surface area contributed by atoms with Crippen LogP contribution in [0.2, 0.25) is 0 Å². The number of aliphatic hydroxyl groups excluding tert-OH is 1. The number of β-amino-alcohol motifs (C(OH)–C–C–N with tert-alkyl or cyclic N) is 1. The lowest BCUT2D eigenvalue weighted by atomic mass is 10.0. The molecule has 3 atom stereocenters. The smallest absolute Gasteiger partial charge is 0.222 e. The molecule has 2 aliphatic rings. The summed E-state index contributed by atoms with van der Waals surface area (Å²) in [4.78, 5) is 16.5. The predicted octanol–water partition coefficient (Wildman–Crippen LogP) is 2.72. The molecule has 0 aliphatic carbocycles. The van der Waals surface area contributed by atoms with E-state index in [-0.39, 0.29) is 17.8 Å². The second-order valence-electron chi connectivity index (χ2n) is 6.93. The first kappa shape index (κ1) is 17.4. The van der Waals surface area contributed by atoms with Gasteiger partial charge in [0.25, 0.3) is 0 Å². The zero-order chi connectivity index (χ0) is 17.1. The van der Waals surface area contributed by atoms with E-state index in [1.54, 1.807) is 12.1 Å². The highest BCUT2D eigenvalue weighted by Crippen LogP contribution is 2.31. The Balaban J connectivity index is 1.68. The lowest BCUT2D eigenvalue weighted by molar-refractivity contribution is -0.132. The number of hydrogen-bond donors (Lipinski definition) is 1. The van der Waals surface area contributed by atoms with E-state index in [0.29, 0.717) is 24.6 Å². The highest BCUT2D eigenvalue weighted by molar-refractivity contribution is 5.76. The molecule has 0 spiro atoms. The van der Waals surface area contributed by atoms with E-state index in [9.17, 15) is 14.3 Å². The van der Waals surface area contributed by atoms with E-state index < -0.39 is 6.10 Å². The van der Waals surface area contributed by atoms with Crippen LogP contribution in [-0.4, -0.2) is 52.5 Å². The molecule has 0 aromatic heterocycles. The van der Waals surface area contributed by atoms with Crippen LogP contribution in [0.4, 0.5) is 4.39 Å². The molecule has 2 aliphatic heterocycles. The normalized spacial score (nSPS) is 26.0. The van der Waals surface area contributed by atoms with Gasteiger partial charge in [-0.05, 0) is 49.9 Å². The zero-order valence-electron chi connectivity index (χ0n) is 14.3. The van der Waals surface area contributed by atoms with Crippen molar-refractivity contribution in [1.29, 1.82) is 0 Å². The van der Waals surface area contributed by atoms with Crippen molar-refractivity contribution in [2.45, 2.75) is 57.2 Å². The summed E-state index contributed by atoms with van der Waals surface area (Å²) in [5.41, 5.74) is 0.619. The van der Waals surface area contributed by atoms with Gasteiger partial charge in [0.1, 0.15) is 5.82 Å². The summed E-state index contributed by atoms with van der Waals surface area (Å²) in [6.45, 7) is 4.20. The van der Waals surface area contributed by atoms with Crippen molar-refractivity contribution in [1.82, 2.24) is 9.80 Å². The Morgan fingerprint density at radius 2 is 2.04 bits per heavy atom. The molecule has 2 saturated heterocycles. The fraction of sp³-hybridized carbons (Fsp3) is 0.632. The van der Waals surface area contributed by atoms with Gasteiger partial charge in [0.2, 0.25) is 5.91 Å². The van der Waals surface area contributed by atoms with E-state index in [2.05, 4.69) is 4.90 Å². The molecule has 24 heavy (non-hydrogen) atoms. The van der Waals surface area contributed by atoms with Crippen molar-refractivity contribution in [2.75, 3.05) is 19.6 Å². The maximum Gasteiger partial charge on any atom is 0.222 e. The number of halogens is 1. The van der Waals surface area contributed by atoms with Crippen LogP contribution in [0, 0.1) is 5.82 Å². The van der Waals surface area contributed by atoms with E-state index in [4.69, 9.17) is 0 Å². The topological polar surface area (TPSA) is 43.8 Å². The molecule has 0 radical (unpaired) electrons.